The summed E-state index contributed by atoms with van der Waals surface area (Å²) in [5.74, 6) is 1.35. The number of hydrogen-bond donors (Lipinski definition) is 1. The lowest BCUT2D eigenvalue weighted by atomic mass is 10.1. The second-order valence-corrected chi connectivity index (χ2v) is 6.04. The van der Waals surface area contributed by atoms with E-state index in [9.17, 15) is 0 Å². The number of aliphatic hydroxyl groups excluding tert-OH is 1. The predicted molar refractivity (Wildman–Crippen MR) is 58.6 cm³/mol. The van der Waals surface area contributed by atoms with Gasteiger partial charge in [0.15, 0.2) is 0 Å². The Labute approximate surface area is 83.1 Å². The van der Waals surface area contributed by atoms with Gasteiger partial charge in [-0.25, -0.2) is 0 Å². The van der Waals surface area contributed by atoms with E-state index < -0.39 is 0 Å². The fourth-order valence-electron chi connectivity index (χ4n) is 1.40. The molecule has 1 atom stereocenters. The van der Waals surface area contributed by atoms with Crippen molar-refractivity contribution in [2.45, 2.75) is 43.8 Å². The summed E-state index contributed by atoms with van der Waals surface area (Å²) in [7, 11) is 4.10. The van der Waals surface area contributed by atoms with Crippen molar-refractivity contribution < 1.29 is 5.11 Å². The molecule has 1 N–H and O–H groups in total. The van der Waals surface area contributed by atoms with Crippen LogP contribution in [0.5, 0.6) is 0 Å². The fourth-order valence-corrected chi connectivity index (χ4v) is 4.43. The van der Waals surface area contributed by atoms with Gasteiger partial charge in [-0.3, -0.25) is 0 Å². The smallest absolute Gasteiger partial charge is 0.0431 e. The highest BCUT2D eigenvalue weighted by Gasteiger charge is 2.15. The SMILES string of the molecule is OCCCCCC[C@@H]1CCSS1. The fraction of sp³-hybridized carbons (Fsp3) is 1.00. The molecule has 0 aromatic heterocycles. The second kappa shape index (κ2) is 7.10. The molecule has 1 rings (SSSR count). The molecule has 72 valence electrons. The maximum atomic E-state index is 8.57. The molecule has 1 nitrogen and oxygen atoms in total. The quantitative estimate of drug-likeness (QED) is 0.533. The molecule has 0 aromatic carbocycles. The lowest BCUT2D eigenvalue weighted by Gasteiger charge is -2.05. The van der Waals surface area contributed by atoms with Gasteiger partial charge in [0.1, 0.15) is 0 Å². The molecular formula is C9H18OS2. The normalized spacial score (nSPS) is 23.2. The van der Waals surface area contributed by atoms with Crippen LogP contribution in [-0.4, -0.2) is 22.7 Å². The molecule has 1 heterocycles. The van der Waals surface area contributed by atoms with E-state index >= 15 is 0 Å². The molecule has 1 fully saturated rings. The number of hydrogen-bond acceptors (Lipinski definition) is 3. The molecule has 0 amide bonds. The van der Waals surface area contributed by atoms with E-state index in [1.165, 1.54) is 37.9 Å². The van der Waals surface area contributed by atoms with Gasteiger partial charge < -0.3 is 5.11 Å². The van der Waals surface area contributed by atoms with Gasteiger partial charge in [0, 0.05) is 17.6 Å². The van der Waals surface area contributed by atoms with E-state index in [0.717, 1.165) is 11.7 Å². The van der Waals surface area contributed by atoms with Gasteiger partial charge in [0.2, 0.25) is 0 Å². The minimum Gasteiger partial charge on any atom is -0.396 e. The Hall–Kier alpha value is 0.660. The van der Waals surface area contributed by atoms with E-state index in [1.54, 1.807) is 0 Å². The maximum Gasteiger partial charge on any atom is 0.0431 e. The van der Waals surface area contributed by atoms with Crippen LogP contribution >= 0.6 is 21.6 Å². The average Bonchev–Trinajstić information content (AvgIpc) is 2.57. The topological polar surface area (TPSA) is 20.2 Å². The van der Waals surface area contributed by atoms with Crippen LogP contribution in [0.15, 0.2) is 0 Å². The molecule has 0 aromatic rings. The van der Waals surface area contributed by atoms with E-state index in [2.05, 4.69) is 10.8 Å². The lowest BCUT2D eigenvalue weighted by molar-refractivity contribution is 0.282. The van der Waals surface area contributed by atoms with E-state index in [4.69, 9.17) is 5.11 Å². The van der Waals surface area contributed by atoms with Gasteiger partial charge >= 0.3 is 0 Å². The summed E-state index contributed by atoms with van der Waals surface area (Å²) in [4.78, 5) is 0. The standard InChI is InChI=1S/C9H18OS2/c10-7-4-2-1-3-5-9-6-8-11-12-9/h9-10H,1-8H2/t9-/m1/s1. The molecule has 0 aliphatic carbocycles. The summed E-state index contributed by atoms with van der Waals surface area (Å²) in [5.41, 5.74) is 0. The van der Waals surface area contributed by atoms with Crippen molar-refractivity contribution in [3.05, 3.63) is 0 Å². The predicted octanol–water partition coefficient (Wildman–Crippen LogP) is 3.08. The zero-order chi connectivity index (χ0) is 8.65. The van der Waals surface area contributed by atoms with E-state index in [1.807, 2.05) is 10.8 Å². The first kappa shape index (κ1) is 10.7. The molecular weight excluding hydrogens is 188 g/mol. The molecule has 0 saturated carbocycles. The Bertz CT molecular complexity index is 103. The van der Waals surface area contributed by atoms with Crippen LogP contribution < -0.4 is 0 Å². The van der Waals surface area contributed by atoms with Crippen molar-refractivity contribution >= 4 is 21.6 Å². The highest BCUT2D eigenvalue weighted by atomic mass is 33.1. The second-order valence-electron chi connectivity index (χ2n) is 3.26. The van der Waals surface area contributed by atoms with Crippen LogP contribution in [0.25, 0.3) is 0 Å². The van der Waals surface area contributed by atoms with Crippen molar-refractivity contribution in [2.75, 3.05) is 12.4 Å². The van der Waals surface area contributed by atoms with Crippen LogP contribution in [-0.2, 0) is 0 Å². The summed E-state index contributed by atoms with van der Waals surface area (Å²) >= 11 is 0. The Morgan fingerprint density at radius 3 is 2.67 bits per heavy atom. The van der Waals surface area contributed by atoms with Crippen molar-refractivity contribution in [2.24, 2.45) is 0 Å². The van der Waals surface area contributed by atoms with Crippen LogP contribution in [0.1, 0.15) is 38.5 Å². The molecule has 12 heavy (non-hydrogen) atoms. The van der Waals surface area contributed by atoms with Crippen molar-refractivity contribution in [3.8, 4) is 0 Å². The van der Waals surface area contributed by atoms with E-state index in [-0.39, 0.29) is 0 Å². The minimum atomic E-state index is 0.369. The molecule has 1 saturated heterocycles. The number of rotatable bonds is 6. The summed E-state index contributed by atoms with van der Waals surface area (Å²) in [5, 5.41) is 9.50. The monoisotopic (exact) mass is 206 g/mol. The van der Waals surface area contributed by atoms with Gasteiger partial charge in [-0.1, -0.05) is 40.9 Å². The van der Waals surface area contributed by atoms with Crippen molar-refractivity contribution in [1.29, 1.82) is 0 Å². The molecule has 0 radical (unpaired) electrons. The van der Waals surface area contributed by atoms with Gasteiger partial charge in [0.25, 0.3) is 0 Å². The van der Waals surface area contributed by atoms with Crippen LogP contribution in [0.4, 0.5) is 0 Å². The van der Waals surface area contributed by atoms with Crippen LogP contribution in [0, 0.1) is 0 Å². The molecule has 0 unspecified atom stereocenters. The highest BCUT2D eigenvalue weighted by Crippen LogP contribution is 2.39. The maximum absolute atomic E-state index is 8.57. The summed E-state index contributed by atoms with van der Waals surface area (Å²) < 4.78 is 0. The molecule has 0 spiro atoms. The minimum absolute atomic E-state index is 0.369. The Balaban J connectivity index is 1.81. The third kappa shape index (κ3) is 4.63. The number of unbranched alkanes of at least 4 members (excludes halogenated alkanes) is 3. The van der Waals surface area contributed by atoms with Gasteiger partial charge in [-0.15, -0.1) is 0 Å². The summed E-state index contributed by atoms with van der Waals surface area (Å²) in [6.07, 6.45) is 7.67. The largest absolute Gasteiger partial charge is 0.396 e. The van der Waals surface area contributed by atoms with Crippen LogP contribution in [0.2, 0.25) is 0 Å². The molecule has 1 aliphatic rings. The number of aliphatic hydroxyl groups is 1. The first-order valence-corrected chi connectivity index (χ1v) is 7.21. The first-order valence-electron chi connectivity index (χ1n) is 4.82. The van der Waals surface area contributed by atoms with Crippen molar-refractivity contribution in [1.82, 2.24) is 0 Å². The lowest BCUT2D eigenvalue weighted by Crippen LogP contribution is -1.96. The van der Waals surface area contributed by atoms with Gasteiger partial charge in [-0.2, -0.15) is 0 Å². The average molecular weight is 206 g/mol. The third-order valence-electron chi connectivity index (χ3n) is 2.16. The van der Waals surface area contributed by atoms with Gasteiger partial charge in [-0.05, 0) is 19.3 Å². The van der Waals surface area contributed by atoms with E-state index in [0.29, 0.717) is 6.61 Å². The Kier molecular flexibility index (Phi) is 6.35. The Morgan fingerprint density at radius 1 is 1.17 bits per heavy atom. The Morgan fingerprint density at radius 2 is 2.00 bits per heavy atom. The summed E-state index contributed by atoms with van der Waals surface area (Å²) in [6.45, 7) is 0.369. The first-order chi connectivity index (χ1) is 5.93. The van der Waals surface area contributed by atoms with Crippen LogP contribution in [0.3, 0.4) is 0 Å². The molecule has 3 heteroatoms. The zero-order valence-electron chi connectivity index (χ0n) is 7.50. The van der Waals surface area contributed by atoms with Crippen molar-refractivity contribution in [3.63, 3.8) is 0 Å². The molecule has 1 aliphatic heterocycles. The van der Waals surface area contributed by atoms with Gasteiger partial charge in [0.05, 0.1) is 0 Å². The highest BCUT2D eigenvalue weighted by molar-refractivity contribution is 8.77. The molecule has 0 bridgehead atoms. The zero-order valence-corrected chi connectivity index (χ0v) is 9.13. The third-order valence-corrected chi connectivity index (χ3v) is 5.17. The summed E-state index contributed by atoms with van der Waals surface area (Å²) in [6, 6.07) is 0.